The van der Waals surface area contributed by atoms with Gasteiger partial charge in [0.05, 0.1) is 6.54 Å². The van der Waals surface area contributed by atoms with E-state index in [1.807, 2.05) is 30.6 Å². The number of imidazole rings is 1. The van der Waals surface area contributed by atoms with Gasteiger partial charge >= 0.3 is 0 Å². The van der Waals surface area contributed by atoms with Crippen molar-refractivity contribution in [3.63, 3.8) is 0 Å². The van der Waals surface area contributed by atoms with Gasteiger partial charge in [-0.25, -0.2) is 4.98 Å². The number of nitrogens with zero attached hydrogens (tertiary/aromatic N) is 4. The lowest BCUT2D eigenvalue weighted by Gasteiger charge is -2.21. The normalized spacial score (nSPS) is 11.4. The summed E-state index contributed by atoms with van der Waals surface area (Å²) in [5.74, 6) is 1.07. The molecule has 0 amide bonds. The Labute approximate surface area is 226 Å². The largest absolute Gasteiger partial charge is 0.348 e. The molecule has 2 aromatic carbocycles. The van der Waals surface area contributed by atoms with Gasteiger partial charge in [-0.1, -0.05) is 68.4 Å². The van der Waals surface area contributed by atoms with Gasteiger partial charge in [0.2, 0.25) is 0 Å². The van der Waals surface area contributed by atoms with Crippen molar-refractivity contribution in [1.82, 2.24) is 24.8 Å². The number of hydrogen-bond acceptors (Lipinski definition) is 5. The van der Waals surface area contributed by atoms with Gasteiger partial charge in [-0.3, -0.25) is 19.6 Å². The summed E-state index contributed by atoms with van der Waals surface area (Å²) in [6.07, 6.45) is 10.1. The highest BCUT2D eigenvalue weighted by Crippen LogP contribution is 2.16. The molecule has 4 aromatic rings. The highest BCUT2D eigenvalue weighted by molar-refractivity contribution is 5.97. The first kappa shape index (κ1) is 27.4. The van der Waals surface area contributed by atoms with E-state index in [1.54, 1.807) is 12.4 Å². The van der Waals surface area contributed by atoms with Crippen molar-refractivity contribution in [2.24, 2.45) is 0 Å². The first-order chi connectivity index (χ1) is 18.6. The lowest BCUT2D eigenvalue weighted by Crippen LogP contribution is -2.24. The maximum atomic E-state index is 13.0. The Morgan fingerprint density at radius 3 is 1.97 bits per heavy atom. The molecular weight excluding hydrogens is 470 g/mol. The number of Topliss-reactive ketones (excluding diaryl/α,β-unsaturated/α-hetero) is 1. The SMILES string of the molecule is CCCN(CCC)Cc1ccc(CC(=O)c2ccc(CN(Cc3cccnc3)Cc3ncc[nH]3)cc2)cc1. The van der Waals surface area contributed by atoms with Crippen LogP contribution in [0, 0.1) is 0 Å². The molecule has 2 heterocycles. The molecule has 0 saturated heterocycles. The average molecular weight is 510 g/mol. The summed E-state index contributed by atoms with van der Waals surface area (Å²) in [6, 6.07) is 20.6. The molecule has 0 atom stereocenters. The molecular formula is C32H39N5O. The van der Waals surface area contributed by atoms with Crippen LogP contribution in [0.5, 0.6) is 0 Å². The van der Waals surface area contributed by atoms with Crippen molar-refractivity contribution in [1.29, 1.82) is 0 Å². The fourth-order valence-corrected chi connectivity index (χ4v) is 4.78. The van der Waals surface area contributed by atoms with Gasteiger partial charge in [-0.15, -0.1) is 0 Å². The highest BCUT2D eigenvalue weighted by Gasteiger charge is 2.12. The minimum absolute atomic E-state index is 0.144. The van der Waals surface area contributed by atoms with Crippen molar-refractivity contribution in [3.8, 4) is 0 Å². The van der Waals surface area contributed by atoms with E-state index in [4.69, 9.17) is 0 Å². The van der Waals surface area contributed by atoms with Gasteiger partial charge in [0.25, 0.3) is 0 Å². The molecule has 38 heavy (non-hydrogen) atoms. The zero-order valence-corrected chi connectivity index (χ0v) is 22.6. The van der Waals surface area contributed by atoms with Crippen molar-refractivity contribution in [2.45, 2.75) is 59.3 Å². The number of benzene rings is 2. The number of H-pyrrole nitrogens is 1. The predicted molar refractivity (Wildman–Crippen MR) is 153 cm³/mol. The highest BCUT2D eigenvalue weighted by atomic mass is 16.1. The Hall–Kier alpha value is -3.61. The molecule has 0 radical (unpaired) electrons. The molecule has 0 aliphatic heterocycles. The molecule has 0 aliphatic rings. The Kier molecular flexibility index (Phi) is 10.4. The van der Waals surface area contributed by atoms with E-state index in [9.17, 15) is 4.79 Å². The Morgan fingerprint density at radius 2 is 1.37 bits per heavy atom. The Morgan fingerprint density at radius 1 is 0.737 bits per heavy atom. The molecule has 0 saturated carbocycles. The Balaban J connectivity index is 1.35. The molecule has 6 heteroatoms. The molecule has 6 nitrogen and oxygen atoms in total. The molecule has 198 valence electrons. The molecule has 2 aromatic heterocycles. The first-order valence-electron chi connectivity index (χ1n) is 13.6. The lowest BCUT2D eigenvalue weighted by molar-refractivity contribution is 0.0993. The average Bonchev–Trinajstić information content (AvgIpc) is 3.44. The minimum atomic E-state index is 0.144. The number of aromatic amines is 1. The number of carbonyl (C=O) groups excluding carboxylic acids is 1. The lowest BCUT2D eigenvalue weighted by atomic mass is 10.0. The van der Waals surface area contributed by atoms with Crippen LogP contribution in [-0.4, -0.2) is 43.6 Å². The van der Waals surface area contributed by atoms with Gasteiger partial charge in [-0.2, -0.15) is 0 Å². The van der Waals surface area contributed by atoms with E-state index in [-0.39, 0.29) is 5.78 Å². The summed E-state index contributed by atoms with van der Waals surface area (Å²) >= 11 is 0. The van der Waals surface area contributed by atoms with Crippen molar-refractivity contribution < 1.29 is 4.79 Å². The van der Waals surface area contributed by atoms with Crippen LogP contribution >= 0.6 is 0 Å². The maximum Gasteiger partial charge on any atom is 0.167 e. The van der Waals surface area contributed by atoms with Crippen molar-refractivity contribution >= 4 is 5.78 Å². The second-order valence-electron chi connectivity index (χ2n) is 9.93. The third-order valence-electron chi connectivity index (χ3n) is 6.61. The zero-order valence-electron chi connectivity index (χ0n) is 22.6. The van der Waals surface area contributed by atoms with E-state index in [0.717, 1.165) is 73.6 Å². The number of rotatable bonds is 15. The topological polar surface area (TPSA) is 65.1 Å². The minimum Gasteiger partial charge on any atom is -0.348 e. The zero-order chi connectivity index (χ0) is 26.6. The first-order valence-corrected chi connectivity index (χ1v) is 13.6. The molecule has 0 spiro atoms. The summed E-state index contributed by atoms with van der Waals surface area (Å²) < 4.78 is 0. The third-order valence-corrected chi connectivity index (χ3v) is 6.61. The van der Waals surface area contributed by atoms with Crippen LogP contribution in [0.1, 0.15) is 65.1 Å². The quantitative estimate of drug-likeness (QED) is 0.198. The summed E-state index contributed by atoms with van der Waals surface area (Å²) in [5.41, 5.74) is 5.42. The number of aromatic nitrogens is 3. The summed E-state index contributed by atoms with van der Waals surface area (Å²) in [6.45, 7) is 9.87. The third kappa shape index (κ3) is 8.47. The van der Waals surface area contributed by atoms with Gasteiger partial charge < -0.3 is 4.98 Å². The van der Waals surface area contributed by atoms with E-state index in [2.05, 4.69) is 81.1 Å². The van der Waals surface area contributed by atoms with Crippen LogP contribution in [0.4, 0.5) is 0 Å². The number of pyridine rings is 1. The van der Waals surface area contributed by atoms with E-state index in [1.165, 1.54) is 5.56 Å². The summed E-state index contributed by atoms with van der Waals surface area (Å²) in [5, 5.41) is 0. The number of hydrogen-bond donors (Lipinski definition) is 1. The van der Waals surface area contributed by atoms with Crippen LogP contribution < -0.4 is 0 Å². The smallest absolute Gasteiger partial charge is 0.167 e. The van der Waals surface area contributed by atoms with E-state index < -0.39 is 0 Å². The number of carbonyl (C=O) groups is 1. The molecule has 0 aliphatic carbocycles. The fraction of sp³-hybridized carbons (Fsp3) is 0.344. The predicted octanol–water partition coefficient (Wildman–Crippen LogP) is 6.05. The molecule has 0 fully saturated rings. The van der Waals surface area contributed by atoms with Crippen LogP contribution in [0.25, 0.3) is 0 Å². The van der Waals surface area contributed by atoms with Gasteiger partial charge in [0.15, 0.2) is 5.78 Å². The number of nitrogens with one attached hydrogen (secondary N) is 1. The van der Waals surface area contributed by atoms with E-state index in [0.29, 0.717) is 13.0 Å². The monoisotopic (exact) mass is 509 g/mol. The van der Waals surface area contributed by atoms with Crippen LogP contribution in [-0.2, 0) is 32.6 Å². The van der Waals surface area contributed by atoms with Crippen molar-refractivity contribution in [2.75, 3.05) is 13.1 Å². The summed E-state index contributed by atoms with van der Waals surface area (Å²) in [4.78, 5) is 29.6. The Bertz CT molecular complexity index is 1220. The molecule has 0 unspecified atom stereocenters. The van der Waals surface area contributed by atoms with Crippen LogP contribution in [0.2, 0.25) is 0 Å². The molecule has 4 rings (SSSR count). The second kappa shape index (κ2) is 14.4. The van der Waals surface area contributed by atoms with Crippen LogP contribution in [0.3, 0.4) is 0 Å². The van der Waals surface area contributed by atoms with Crippen molar-refractivity contribution in [3.05, 3.63) is 119 Å². The second-order valence-corrected chi connectivity index (χ2v) is 9.93. The maximum absolute atomic E-state index is 13.0. The summed E-state index contributed by atoms with van der Waals surface area (Å²) in [7, 11) is 0. The molecule has 0 bridgehead atoms. The fourth-order valence-electron chi connectivity index (χ4n) is 4.78. The van der Waals surface area contributed by atoms with Gasteiger partial charge in [-0.05, 0) is 54.3 Å². The van der Waals surface area contributed by atoms with Gasteiger partial charge in [0, 0.05) is 56.4 Å². The standard InChI is InChI=1S/C32H39N5O/c1-3-18-36(19-4-2)22-27-9-7-26(8-10-27)20-31(38)30-13-11-28(12-14-30)23-37(25-32-34-16-17-35-32)24-29-6-5-15-33-21-29/h5-17,21H,3-4,18-20,22-25H2,1-2H3,(H,34,35). The number of ketones is 1. The van der Waals surface area contributed by atoms with Crippen LogP contribution in [0.15, 0.2) is 85.5 Å². The van der Waals surface area contributed by atoms with E-state index >= 15 is 0 Å². The van der Waals surface area contributed by atoms with Gasteiger partial charge in [0.1, 0.15) is 5.82 Å². The molecule has 1 N–H and O–H groups in total.